The first kappa shape index (κ1) is 22.5. The third kappa shape index (κ3) is 3.88. The minimum atomic E-state index is -0.789. The smallest absolute Gasteiger partial charge is 0.295 e. The molecule has 1 saturated heterocycles. The first-order valence-corrected chi connectivity index (χ1v) is 11.4. The van der Waals surface area contributed by atoms with Crippen LogP contribution in [0.2, 0.25) is 0 Å². The summed E-state index contributed by atoms with van der Waals surface area (Å²) in [6, 6.07) is 13.8. The number of rotatable bonds is 6. The van der Waals surface area contributed by atoms with Gasteiger partial charge in [-0.1, -0.05) is 36.4 Å². The van der Waals surface area contributed by atoms with Crippen LogP contribution in [0.15, 0.2) is 64.3 Å². The molecule has 1 fully saturated rings. The number of ketones is 1. The third-order valence-corrected chi connectivity index (χ3v) is 6.52. The largest absolute Gasteiger partial charge is 0.373 e. The van der Waals surface area contributed by atoms with Crippen molar-refractivity contribution in [1.29, 1.82) is 0 Å². The van der Waals surface area contributed by atoms with E-state index in [0.717, 1.165) is 5.56 Å². The van der Waals surface area contributed by atoms with Gasteiger partial charge in [0.15, 0.2) is 0 Å². The number of nitrogens with one attached hydrogen (secondary N) is 2. The number of hydrogen-bond donors (Lipinski definition) is 2. The summed E-state index contributed by atoms with van der Waals surface area (Å²) in [5, 5.41) is 3.24. The van der Waals surface area contributed by atoms with Gasteiger partial charge in [-0.05, 0) is 24.6 Å². The standard InChI is InChI=1S/C26H23FN4O4/c1-15(16-6-3-2-4-7-16)29-21-22(25(34)24(21)33)30-10-12-31(13-11-30)26(35)23(32)17-14-28-19-9-5-8-18(27)20(17)19/h2-9,14-15,28-29H,10-13H2,1H3. The van der Waals surface area contributed by atoms with Gasteiger partial charge in [0.05, 0.1) is 5.56 Å². The quantitative estimate of drug-likeness (QED) is 0.329. The zero-order valence-electron chi connectivity index (χ0n) is 19.0. The molecule has 8 nitrogen and oxygen atoms in total. The predicted molar refractivity (Wildman–Crippen MR) is 131 cm³/mol. The number of H-pyrrole nitrogens is 1. The van der Waals surface area contributed by atoms with Crippen LogP contribution in [-0.2, 0) is 4.79 Å². The molecular weight excluding hydrogens is 451 g/mol. The van der Waals surface area contributed by atoms with Gasteiger partial charge in [0.1, 0.15) is 17.2 Å². The second-order valence-electron chi connectivity index (χ2n) is 8.63. The minimum absolute atomic E-state index is 0.00519. The number of fused-ring (bicyclic) bond motifs is 1. The lowest BCUT2D eigenvalue weighted by molar-refractivity contribution is -0.126. The number of carbonyl (C=O) groups is 2. The molecule has 35 heavy (non-hydrogen) atoms. The van der Waals surface area contributed by atoms with Crippen molar-refractivity contribution in [3.05, 3.63) is 92.1 Å². The molecule has 5 rings (SSSR count). The maximum atomic E-state index is 14.3. The van der Waals surface area contributed by atoms with Gasteiger partial charge >= 0.3 is 0 Å². The molecule has 0 saturated carbocycles. The Balaban J connectivity index is 1.27. The van der Waals surface area contributed by atoms with Crippen LogP contribution in [0, 0.1) is 5.82 Å². The molecule has 1 amide bonds. The molecule has 3 aromatic carbocycles. The van der Waals surface area contributed by atoms with Crippen LogP contribution >= 0.6 is 0 Å². The van der Waals surface area contributed by atoms with E-state index in [4.69, 9.17) is 0 Å². The lowest BCUT2D eigenvalue weighted by Gasteiger charge is -2.37. The molecule has 1 aromatic heterocycles. The van der Waals surface area contributed by atoms with Gasteiger partial charge in [0.2, 0.25) is 0 Å². The topological polar surface area (TPSA) is 103 Å². The summed E-state index contributed by atoms with van der Waals surface area (Å²) in [4.78, 5) is 56.3. The second-order valence-corrected chi connectivity index (χ2v) is 8.63. The van der Waals surface area contributed by atoms with E-state index in [0.29, 0.717) is 24.3 Å². The van der Waals surface area contributed by atoms with E-state index in [2.05, 4.69) is 10.3 Å². The number of anilines is 2. The molecule has 2 N–H and O–H groups in total. The summed E-state index contributed by atoms with van der Waals surface area (Å²) in [7, 11) is 0. The zero-order chi connectivity index (χ0) is 24.7. The fraction of sp³-hybridized carbons (Fsp3) is 0.231. The van der Waals surface area contributed by atoms with Gasteiger partial charge in [0.25, 0.3) is 22.5 Å². The number of nitrogens with zero attached hydrogens (tertiary/aromatic N) is 2. The number of aromatic amines is 1. The highest BCUT2D eigenvalue weighted by atomic mass is 19.1. The lowest BCUT2D eigenvalue weighted by atomic mass is 10.1. The number of piperazine rings is 1. The molecule has 0 bridgehead atoms. The summed E-state index contributed by atoms with van der Waals surface area (Å²) in [5.74, 6) is -2.09. The number of hydrogen-bond acceptors (Lipinski definition) is 6. The van der Waals surface area contributed by atoms with Gasteiger partial charge in [-0.25, -0.2) is 4.39 Å². The van der Waals surface area contributed by atoms with E-state index in [1.54, 1.807) is 11.0 Å². The van der Waals surface area contributed by atoms with E-state index in [9.17, 15) is 23.6 Å². The Bertz CT molecular complexity index is 1500. The van der Waals surface area contributed by atoms with Crippen molar-refractivity contribution in [3.63, 3.8) is 0 Å². The number of amides is 1. The SMILES string of the molecule is CC(Nc1c(N2CCN(C(=O)C(=O)c3c[nH]c4cccc(F)c34)CC2)c(=O)c1=O)c1ccccc1. The molecule has 1 aliphatic rings. The molecule has 2 heterocycles. The molecule has 4 aromatic rings. The normalized spacial score (nSPS) is 14.9. The van der Waals surface area contributed by atoms with Gasteiger partial charge in [0, 0.05) is 49.3 Å². The Hall–Kier alpha value is -4.27. The molecule has 9 heteroatoms. The van der Waals surface area contributed by atoms with E-state index in [1.807, 2.05) is 37.3 Å². The van der Waals surface area contributed by atoms with E-state index in [1.165, 1.54) is 23.2 Å². The third-order valence-electron chi connectivity index (χ3n) is 6.52. The van der Waals surface area contributed by atoms with E-state index in [-0.39, 0.29) is 35.8 Å². The van der Waals surface area contributed by atoms with Crippen LogP contribution in [0.1, 0.15) is 28.9 Å². The predicted octanol–water partition coefficient (Wildman–Crippen LogP) is 2.61. The van der Waals surface area contributed by atoms with Crippen molar-refractivity contribution < 1.29 is 14.0 Å². The summed E-state index contributed by atoms with van der Waals surface area (Å²) >= 11 is 0. The van der Waals surface area contributed by atoms with E-state index >= 15 is 0 Å². The van der Waals surface area contributed by atoms with Crippen LogP contribution in [-0.4, -0.2) is 47.8 Å². The monoisotopic (exact) mass is 474 g/mol. The Morgan fingerprint density at radius 1 is 0.971 bits per heavy atom. The Labute approximate surface area is 199 Å². The highest BCUT2D eigenvalue weighted by molar-refractivity contribution is 6.44. The molecule has 0 spiro atoms. The first-order chi connectivity index (χ1) is 16.9. The Morgan fingerprint density at radius 2 is 1.69 bits per heavy atom. The van der Waals surface area contributed by atoms with Crippen LogP contribution in [0.25, 0.3) is 10.9 Å². The van der Waals surface area contributed by atoms with Crippen LogP contribution in [0.3, 0.4) is 0 Å². The van der Waals surface area contributed by atoms with Crippen LogP contribution in [0.4, 0.5) is 15.8 Å². The Kier molecular flexibility index (Phi) is 5.68. The maximum Gasteiger partial charge on any atom is 0.295 e. The molecule has 0 aliphatic carbocycles. The number of carbonyl (C=O) groups excluding carboxylic acids is 2. The van der Waals surface area contributed by atoms with Crippen molar-refractivity contribution in [3.8, 4) is 0 Å². The zero-order valence-corrected chi connectivity index (χ0v) is 19.0. The molecule has 1 unspecified atom stereocenters. The molecular formula is C26H23FN4O4. The lowest BCUT2D eigenvalue weighted by Crippen LogP contribution is -2.54. The molecule has 0 radical (unpaired) electrons. The van der Waals surface area contributed by atoms with Crippen LogP contribution < -0.4 is 21.1 Å². The first-order valence-electron chi connectivity index (χ1n) is 11.4. The second kappa shape index (κ2) is 8.83. The fourth-order valence-corrected chi connectivity index (χ4v) is 4.57. The van der Waals surface area contributed by atoms with Crippen molar-refractivity contribution in [2.24, 2.45) is 0 Å². The average molecular weight is 474 g/mol. The highest BCUT2D eigenvalue weighted by Gasteiger charge is 2.33. The summed E-state index contributed by atoms with van der Waals surface area (Å²) in [6.45, 7) is 2.89. The number of Topliss-reactive ketones (excluding diaryl/α,β-unsaturated/α-hetero) is 1. The van der Waals surface area contributed by atoms with Gasteiger partial charge in [-0.3, -0.25) is 19.2 Å². The van der Waals surface area contributed by atoms with Crippen molar-refractivity contribution in [2.75, 3.05) is 36.4 Å². The molecule has 1 aliphatic heterocycles. The van der Waals surface area contributed by atoms with Gasteiger partial charge in [-0.2, -0.15) is 0 Å². The number of halogens is 1. The van der Waals surface area contributed by atoms with Crippen molar-refractivity contribution in [1.82, 2.24) is 9.88 Å². The van der Waals surface area contributed by atoms with Crippen LogP contribution in [0.5, 0.6) is 0 Å². The Morgan fingerprint density at radius 3 is 2.40 bits per heavy atom. The van der Waals surface area contributed by atoms with Crippen molar-refractivity contribution >= 4 is 34.0 Å². The molecule has 178 valence electrons. The maximum absolute atomic E-state index is 14.3. The summed E-state index contributed by atoms with van der Waals surface area (Å²) in [6.07, 6.45) is 1.35. The summed E-state index contributed by atoms with van der Waals surface area (Å²) in [5.41, 5.74) is 0.890. The van der Waals surface area contributed by atoms with Gasteiger partial charge < -0.3 is 20.1 Å². The summed E-state index contributed by atoms with van der Waals surface area (Å²) < 4.78 is 14.3. The number of aromatic nitrogens is 1. The van der Waals surface area contributed by atoms with Gasteiger partial charge in [-0.15, -0.1) is 0 Å². The fourth-order valence-electron chi connectivity index (χ4n) is 4.57. The van der Waals surface area contributed by atoms with E-state index < -0.39 is 28.4 Å². The highest BCUT2D eigenvalue weighted by Crippen LogP contribution is 2.27. The van der Waals surface area contributed by atoms with Crippen molar-refractivity contribution in [2.45, 2.75) is 13.0 Å². The molecule has 1 atom stereocenters. The minimum Gasteiger partial charge on any atom is -0.373 e. The number of benzene rings is 2. The average Bonchev–Trinajstić information content (AvgIpc) is 3.33.